The van der Waals surface area contributed by atoms with Gasteiger partial charge < -0.3 is 10.1 Å². The lowest BCUT2D eigenvalue weighted by molar-refractivity contribution is -0.145. The van der Waals surface area contributed by atoms with Crippen molar-refractivity contribution in [3.8, 4) is 0 Å². The van der Waals surface area contributed by atoms with Gasteiger partial charge in [0.1, 0.15) is 6.04 Å². The first-order chi connectivity index (χ1) is 10.6. The molecule has 1 aliphatic carbocycles. The van der Waals surface area contributed by atoms with Crippen LogP contribution in [-0.4, -0.2) is 25.0 Å². The van der Waals surface area contributed by atoms with Crippen LogP contribution in [0.25, 0.3) is 0 Å². The summed E-state index contributed by atoms with van der Waals surface area (Å²) in [7, 11) is 1.35. The van der Waals surface area contributed by atoms with Crippen LogP contribution >= 0.6 is 15.9 Å². The zero-order valence-electron chi connectivity index (χ0n) is 12.8. The van der Waals surface area contributed by atoms with Crippen molar-refractivity contribution in [1.29, 1.82) is 0 Å². The Bertz CT molecular complexity index is 526. The first kappa shape index (κ1) is 17.0. The van der Waals surface area contributed by atoms with Gasteiger partial charge >= 0.3 is 5.97 Å². The number of nitrogens with one attached hydrogen (secondary N) is 1. The molecule has 1 amide bonds. The van der Waals surface area contributed by atoms with E-state index < -0.39 is 12.0 Å². The summed E-state index contributed by atoms with van der Waals surface area (Å²) in [4.78, 5) is 24.3. The Morgan fingerprint density at radius 2 is 2.05 bits per heavy atom. The molecule has 1 N–H and O–H groups in total. The Labute approximate surface area is 139 Å². The fourth-order valence-corrected chi connectivity index (χ4v) is 3.34. The van der Waals surface area contributed by atoms with E-state index in [-0.39, 0.29) is 11.8 Å². The van der Waals surface area contributed by atoms with E-state index in [1.54, 1.807) is 0 Å². The summed E-state index contributed by atoms with van der Waals surface area (Å²) in [5.41, 5.74) is 0.980. The van der Waals surface area contributed by atoms with Gasteiger partial charge in [0.2, 0.25) is 5.91 Å². The lowest BCUT2D eigenvalue weighted by Crippen LogP contribution is -2.45. The van der Waals surface area contributed by atoms with E-state index in [1.165, 1.54) is 13.5 Å². The number of halogens is 1. The predicted octanol–water partition coefficient (Wildman–Crippen LogP) is 3.23. The molecule has 0 heterocycles. The van der Waals surface area contributed by atoms with Crippen molar-refractivity contribution >= 4 is 27.8 Å². The Hall–Kier alpha value is -1.36. The Morgan fingerprint density at radius 3 is 2.68 bits per heavy atom. The summed E-state index contributed by atoms with van der Waals surface area (Å²) < 4.78 is 5.79. The van der Waals surface area contributed by atoms with Gasteiger partial charge in [0, 0.05) is 16.8 Å². The van der Waals surface area contributed by atoms with E-state index in [2.05, 4.69) is 21.2 Å². The van der Waals surface area contributed by atoms with Crippen molar-refractivity contribution < 1.29 is 14.3 Å². The number of rotatable bonds is 5. The smallest absolute Gasteiger partial charge is 0.328 e. The second kappa shape index (κ2) is 8.32. The van der Waals surface area contributed by atoms with Gasteiger partial charge in [0.15, 0.2) is 0 Å². The highest BCUT2D eigenvalue weighted by Gasteiger charge is 2.27. The third-order valence-corrected chi connectivity index (χ3v) is 4.60. The molecular formula is C17H22BrNO3. The molecule has 0 aliphatic heterocycles. The minimum Gasteiger partial charge on any atom is -0.467 e. The summed E-state index contributed by atoms with van der Waals surface area (Å²) in [5, 5.41) is 2.88. The Morgan fingerprint density at radius 1 is 1.32 bits per heavy atom. The molecule has 1 saturated carbocycles. The first-order valence-corrected chi connectivity index (χ1v) is 8.52. The van der Waals surface area contributed by atoms with Gasteiger partial charge in [-0.15, -0.1) is 0 Å². The first-order valence-electron chi connectivity index (χ1n) is 7.73. The van der Waals surface area contributed by atoms with Crippen molar-refractivity contribution in [3.05, 3.63) is 34.3 Å². The maximum absolute atomic E-state index is 12.4. The van der Waals surface area contributed by atoms with E-state index in [4.69, 9.17) is 4.74 Å². The fourth-order valence-electron chi connectivity index (χ4n) is 2.89. The number of carbonyl (C=O) groups is 2. The molecule has 4 nitrogen and oxygen atoms in total. The van der Waals surface area contributed by atoms with Crippen LogP contribution in [0.5, 0.6) is 0 Å². The van der Waals surface area contributed by atoms with E-state index in [0.717, 1.165) is 35.7 Å². The van der Waals surface area contributed by atoms with Crippen LogP contribution in [0.3, 0.4) is 0 Å². The van der Waals surface area contributed by atoms with Gasteiger partial charge in [0.05, 0.1) is 7.11 Å². The highest BCUT2D eigenvalue weighted by atomic mass is 79.9. The number of hydrogen-bond acceptors (Lipinski definition) is 3. The second-order valence-electron chi connectivity index (χ2n) is 5.75. The minimum absolute atomic E-state index is 0.0231. The molecule has 2 rings (SSSR count). The SMILES string of the molecule is COC(=O)[C@H](Cc1cccc(Br)c1)NC(=O)C1CCCCC1. The van der Waals surface area contributed by atoms with Gasteiger partial charge in [0.25, 0.3) is 0 Å². The molecule has 22 heavy (non-hydrogen) atoms. The van der Waals surface area contributed by atoms with Crippen LogP contribution in [0.4, 0.5) is 0 Å². The highest BCUT2D eigenvalue weighted by molar-refractivity contribution is 9.10. The zero-order chi connectivity index (χ0) is 15.9. The molecule has 5 heteroatoms. The van der Waals surface area contributed by atoms with Crippen molar-refractivity contribution in [2.45, 2.75) is 44.6 Å². The summed E-state index contributed by atoms with van der Waals surface area (Å²) in [6, 6.07) is 7.10. The minimum atomic E-state index is -0.631. The molecule has 0 radical (unpaired) electrons. The number of esters is 1. The molecule has 0 aromatic heterocycles. The number of ether oxygens (including phenoxy) is 1. The summed E-state index contributed by atoms with van der Waals surface area (Å²) >= 11 is 3.42. The zero-order valence-corrected chi connectivity index (χ0v) is 14.4. The van der Waals surface area contributed by atoms with E-state index >= 15 is 0 Å². The largest absolute Gasteiger partial charge is 0.467 e. The van der Waals surface area contributed by atoms with Gasteiger partial charge in [-0.05, 0) is 30.5 Å². The maximum atomic E-state index is 12.4. The third kappa shape index (κ3) is 4.83. The normalized spacial score (nSPS) is 16.8. The van der Waals surface area contributed by atoms with Crippen molar-refractivity contribution in [2.24, 2.45) is 5.92 Å². The Balaban J connectivity index is 2.02. The summed E-state index contributed by atoms with van der Waals surface area (Å²) in [6.45, 7) is 0. The van der Waals surface area contributed by atoms with Crippen LogP contribution in [0, 0.1) is 5.92 Å². The second-order valence-corrected chi connectivity index (χ2v) is 6.67. The van der Waals surface area contributed by atoms with Crippen molar-refractivity contribution in [3.63, 3.8) is 0 Å². The predicted molar refractivity (Wildman–Crippen MR) is 88.4 cm³/mol. The number of methoxy groups -OCH3 is 1. The van der Waals surface area contributed by atoms with Crippen LogP contribution in [0.15, 0.2) is 28.7 Å². The Kier molecular flexibility index (Phi) is 6.43. The monoisotopic (exact) mass is 367 g/mol. The number of hydrogen-bond donors (Lipinski definition) is 1. The summed E-state index contributed by atoms with van der Waals surface area (Å²) in [6.07, 6.45) is 5.64. The average molecular weight is 368 g/mol. The molecule has 0 saturated heterocycles. The highest BCUT2D eigenvalue weighted by Crippen LogP contribution is 2.24. The molecule has 1 aliphatic rings. The van der Waals surface area contributed by atoms with Crippen molar-refractivity contribution in [2.75, 3.05) is 7.11 Å². The molecule has 0 bridgehead atoms. The molecule has 0 unspecified atom stereocenters. The van der Waals surface area contributed by atoms with Gasteiger partial charge in [-0.3, -0.25) is 4.79 Å². The van der Waals surface area contributed by atoms with Crippen LogP contribution < -0.4 is 5.32 Å². The lowest BCUT2D eigenvalue weighted by atomic mass is 9.88. The molecule has 1 fully saturated rings. The fraction of sp³-hybridized carbons (Fsp3) is 0.529. The number of carbonyl (C=O) groups excluding carboxylic acids is 2. The van der Waals surface area contributed by atoms with Crippen LogP contribution in [-0.2, 0) is 20.7 Å². The van der Waals surface area contributed by atoms with Crippen LogP contribution in [0.2, 0.25) is 0 Å². The van der Waals surface area contributed by atoms with E-state index in [9.17, 15) is 9.59 Å². The van der Waals surface area contributed by atoms with Crippen LogP contribution in [0.1, 0.15) is 37.7 Å². The molecular weight excluding hydrogens is 346 g/mol. The maximum Gasteiger partial charge on any atom is 0.328 e. The quantitative estimate of drug-likeness (QED) is 0.812. The number of amides is 1. The van der Waals surface area contributed by atoms with Crippen molar-refractivity contribution in [1.82, 2.24) is 5.32 Å². The average Bonchev–Trinajstić information content (AvgIpc) is 2.54. The van der Waals surface area contributed by atoms with E-state index in [1.807, 2.05) is 24.3 Å². The molecule has 1 aromatic rings. The lowest BCUT2D eigenvalue weighted by Gasteiger charge is -2.24. The van der Waals surface area contributed by atoms with Gasteiger partial charge in [-0.1, -0.05) is 47.3 Å². The molecule has 1 aromatic carbocycles. The summed E-state index contributed by atoms with van der Waals surface area (Å²) in [5.74, 6) is -0.391. The number of benzene rings is 1. The third-order valence-electron chi connectivity index (χ3n) is 4.11. The standard InChI is InChI=1S/C17H22BrNO3/c1-22-17(21)15(11-12-6-5-9-14(18)10-12)19-16(20)13-7-3-2-4-8-13/h5-6,9-10,13,15H,2-4,7-8,11H2,1H3,(H,19,20)/t15-/m0/s1. The van der Waals surface area contributed by atoms with E-state index in [0.29, 0.717) is 6.42 Å². The topological polar surface area (TPSA) is 55.4 Å². The molecule has 1 atom stereocenters. The van der Waals surface area contributed by atoms with Gasteiger partial charge in [-0.2, -0.15) is 0 Å². The molecule has 0 spiro atoms. The van der Waals surface area contributed by atoms with Gasteiger partial charge in [-0.25, -0.2) is 4.79 Å². The molecule has 120 valence electrons.